The number of hydrogen-bond donors (Lipinski definition) is 6. The monoisotopic (exact) mass is 1010 g/mol. The molecule has 0 saturated heterocycles. The molecule has 0 bridgehead atoms. The second-order valence-electron chi connectivity index (χ2n) is 5.66. The second kappa shape index (κ2) is 433. The molecule has 0 spiro atoms. The molecule has 0 aromatic carbocycles. The van der Waals surface area contributed by atoms with Crippen molar-refractivity contribution >= 4 is 0 Å². The van der Waals surface area contributed by atoms with Crippen molar-refractivity contribution in [1.82, 2.24) is 0 Å². The summed E-state index contributed by atoms with van der Waals surface area (Å²) in [6, 6.07) is 0. The zero-order valence-corrected chi connectivity index (χ0v) is 41.7. The van der Waals surface area contributed by atoms with Crippen LogP contribution in [0.4, 0.5) is 0 Å². The molecule has 0 unspecified atom stereocenters. The van der Waals surface area contributed by atoms with Gasteiger partial charge in [0, 0.05) is 171 Å². The van der Waals surface area contributed by atoms with Crippen LogP contribution >= 0.6 is 0 Å². The van der Waals surface area contributed by atoms with E-state index in [0.717, 1.165) is 65.6 Å². The van der Waals surface area contributed by atoms with E-state index in [4.69, 9.17) is 30.6 Å². The maximum Gasteiger partial charge on any atom is 0.0430 e. The van der Waals surface area contributed by atoms with Crippen molar-refractivity contribution < 1.29 is 249 Å². The Kier molecular flexibility index (Phi) is 2040. The van der Waals surface area contributed by atoms with E-state index in [-0.39, 0.29) is 218 Å². The number of rotatable bonds is 10. The summed E-state index contributed by atoms with van der Waals surface area (Å²) in [4.78, 5) is 0. The molecule has 38 N–H and O–H groups in total. The molecule has 28 heteroatoms. The van der Waals surface area contributed by atoms with Crippen molar-refractivity contribution in [1.29, 1.82) is 0 Å². The number of hydrogen-bond acceptors (Lipinski definition) is 6. The summed E-state index contributed by atoms with van der Waals surface area (Å²) in [5, 5.41) is 46.3. The van der Waals surface area contributed by atoms with Crippen LogP contribution in [0, 0.1) is 0 Å². The van der Waals surface area contributed by atoms with Gasteiger partial charge in [-0.2, -0.15) is 0 Å². The van der Waals surface area contributed by atoms with Crippen LogP contribution < -0.4 is 0 Å². The van der Waals surface area contributed by atoms with Crippen LogP contribution in [0.25, 0.3) is 0 Å². The summed E-state index contributed by atoms with van der Waals surface area (Å²) in [6.45, 7) is 14.0. The first-order chi connectivity index (χ1) is 14.1. The van der Waals surface area contributed by atoms with E-state index >= 15 is 0 Å². The van der Waals surface area contributed by atoms with Crippen molar-refractivity contribution in [3.8, 4) is 0 Å². The van der Waals surface area contributed by atoms with Gasteiger partial charge in [-0.05, 0) is 25.7 Å². The van der Waals surface area contributed by atoms with Crippen LogP contribution in [0.15, 0.2) is 0 Å². The van der Waals surface area contributed by atoms with Gasteiger partial charge in [0.1, 0.15) is 0 Å². The Labute approximate surface area is 397 Å². The van der Waals surface area contributed by atoms with E-state index < -0.39 is 0 Å². The SMILES string of the molecule is CCCCC.CCCCO.CCCCO.CCCCO.CCCCO.CO.CO.O.O.O.O.O.O.O.O.O.O.O.O.O.O.O.O.[Ti].[Ti].[Ti].[Ti].[Ti].[Ti]. The summed E-state index contributed by atoms with van der Waals surface area (Å²) in [5.41, 5.74) is 0. The van der Waals surface area contributed by atoms with Crippen molar-refractivity contribution in [3.63, 3.8) is 0 Å². The molecule has 0 saturated carbocycles. The second-order valence-corrected chi connectivity index (χ2v) is 5.66. The first-order valence-electron chi connectivity index (χ1n) is 11.4. The minimum absolute atomic E-state index is 0. The predicted molar refractivity (Wildman–Crippen MR) is 187 cm³/mol. The number of aliphatic hydroxyl groups excluding tert-OH is 6. The summed E-state index contributed by atoms with van der Waals surface area (Å²) < 4.78 is 0. The molecule has 0 heterocycles. The van der Waals surface area contributed by atoms with Crippen molar-refractivity contribution in [2.45, 2.75) is 112 Å². The number of aliphatic hydroxyl groups is 6. The van der Waals surface area contributed by atoms with Gasteiger partial charge in [-0.25, -0.2) is 0 Å². The third-order valence-electron chi connectivity index (χ3n) is 2.75. The van der Waals surface area contributed by atoms with Gasteiger partial charge < -0.3 is 118 Å². The van der Waals surface area contributed by atoms with Gasteiger partial charge in [0.05, 0.1) is 0 Å². The quantitative estimate of drug-likeness (QED) is 0.115. The van der Waals surface area contributed by atoms with Crippen molar-refractivity contribution in [3.05, 3.63) is 0 Å². The van der Waals surface area contributed by atoms with E-state index in [1.54, 1.807) is 0 Å². The van der Waals surface area contributed by atoms with Crippen LogP contribution in [-0.4, -0.2) is 159 Å². The molecule has 0 aliphatic heterocycles. The van der Waals surface area contributed by atoms with E-state index in [1.165, 1.54) is 19.3 Å². The Hall–Kier alpha value is 3.41. The van der Waals surface area contributed by atoms with Gasteiger partial charge in [-0.15, -0.1) is 0 Å². The Morgan fingerprint density at radius 1 is 0.216 bits per heavy atom. The van der Waals surface area contributed by atoms with E-state index in [2.05, 4.69) is 41.5 Å². The Bertz CT molecular complexity index is 144. The maximum atomic E-state index is 8.07. The third kappa shape index (κ3) is 785. The van der Waals surface area contributed by atoms with Gasteiger partial charge in [-0.1, -0.05) is 86.5 Å². The molecular weight excluding hydrogens is 915 g/mol. The van der Waals surface area contributed by atoms with Gasteiger partial charge in [0.25, 0.3) is 0 Å². The zero-order valence-electron chi connectivity index (χ0n) is 32.3. The molecule has 340 valence electrons. The number of unbranched alkanes of at least 4 members (excludes halogenated alkanes) is 6. The van der Waals surface area contributed by atoms with Crippen LogP contribution in [0.2, 0.25) is 0 Å². The fourth-order valence-electron chi connectivity index (χ4n) is 0.986. The molecule has 0 amide bonds. The molecular formula is C23H92O22Ti6. The standard InChI is InChI=1S/C5H12.4C4H10O.2CH4O.16H2O.6Ti/c1-3-5-4-2;4*1-2-3-4-5;2*1-2;;;;;;;;;;;;;;;;;;;;;;/h3-5H2,1-2H3;4*5H,2-4H2,1H3;2*2H,1H3;16*1H2;;;;;;. The normalized spacial score (nSPS) is 4.35. The minimum atomic E-state index is 0. The molecule has 0 radical (unpaired) electrons. The third-order valence-corrected chi connectivity index (χ3v) is 2.75. The molecule has 51 heavy (non-hydrogen) atoms. The topological polar surface area (TPSA) is 625 Å². The molecule has 0 aliphatic carbocycles. The molecule has 0 aliphatic rings. The van der Waals surface area contributed by atoms with Gasteiger partial charge >= 0.3 is 0 Å². The minimum Gasteiger partial charge on any atom is -0.412 e. The molecule has 0 aromatic heterocycles. The molecule has 22 nitrogen and oxygen atoms in total. The zero-order chi connectivity index (χ0) is 24.6. The summed E-state index contributed by atoms with van der Waals surface area (Å²) in [6.07, 6.45) is 12.2. The smallest absolute Gasteiger partial charge is 0.0430 e. The summed E-state index contributed by atoms with van der Waals surface area (Å²) in [7, 11) is 2.00. The molecule has 0 aromatic rings. The van der Waals surface area contributed by atoms with Gasteiger partial charge in [0.15, 0.2) is 0 Å². The molecule has 0 fully saturated rings. The fourth-order valence-corrected chi connectivity index (χ4v) is 0.986. The van der Waals surface area contributed by atoms with Crippen molar-refractivity contribution in [2.75, 3.05) is 40.6 Å². The maximum absolute atomic E-state index is 8.07. The summed E-state index contributed by atoms with van der Waals surface area (Å²) in [5.74, 6) is 0. The summed E-state index contributed by atoms with van der Waals surface area (Å²) >= 11 is 0. The van der Waals surface area contributed by atoms with Gasteiger partial charge in [0.2, 0.25) is 0 Å². The van der Waals surface area contributed by atoms with Gasteiger partial charge in [-0.3, -0.25) is 0 Å². The largest absolute Gasteiger partial charge is 0.412 e. The van der Waals surface area contributed by atoms with E-state index in [1.807, 2.05) is 0 Å². The van der Waals surface area contributed by atoms with E-state index in [9.17, 15) is 0 Å². The molecule has 0 atom stereocenters. The van der Waals surface area contributed by atoms with Crippen LogP contribution in [0.5, 0.6) is 0 Å². The fraction of sp³-hybridized carbons (Fsp3) is 1.00. The average Bonchev–Trinajstić information content (AvgIpc) is 2.76. The molecule has 0 rings (SSSR count). The van der Waals surface area contributed by atoms with Crippen LogP contribution in [0.1, 0.15) is 112 Å². The first-order valence-corrected chi connectivity index (χ1v) is 11.4. The predicted octanol–water partition coefficient (Wildman–Crippen LogP) is -8.68. The average molecular weight is 1010 g/mol. The Morgan fingerprint density at radius 2 is 0.294 bits per heavy atom. The Balaban J connectivity index is -0.00000000388. The van der Waals surface area contributed by atoms with Crippen LogP contribution in [0.3, 0.4) is 0 Å². The Morgan fingerprint density at radius 3 is 0.294 bits per heavy atom. The van der Waals surface area contributed by atoms with Crippen molar-refractivity contribution in [2.24, 2.45) is 0 Å². The first kappa shape index (κ1) is 240. The van der Waals surface area contributed by atoms with E-state index in [0.29, 0.717) is 26.4 Å². The van der Waals surface area contributed by atoms with Crippen LogP contribution in [-0.2, 0) is 130 Å².